The Morgan fingerprint density at radius 1 is 1.03 bits per heavy atom. The molecule has 0 radical (unpaired) electrons. The highest BCUT2D eigenvalue weighted by Gasteiger charge is 2.32. The first kappa shape index (κ1) is 22.6. The van der Waals surface area contributed by atoms with Gasteiger partial charge in [-0.05, 0) is 43.2 Å². The van der Waals surface area contributed by atoms with Gasteiger partial charge in [0.05, 0.1) is 24.1 Å². The number of carbonyl (C=O) groups excluding carboxylic acids is 1. The molecule has 1 amide bonds. The van der Waals surface area contributed by atoms with Crippen molar-refractivity contribution in [3.63, 3.8) is 0 Å². The van der Waals surface area contributed by atoms with E-state index in [1.54, 1.807) is 0 Å². The molecule has 0 saturated carbocycles. The summed E-state index contributed by atoms with van der Waals surface area (Å²) in [7, 11) is 1.35. The van der Waals surface area contributed by atoms with Crippen LogP contribution in [0, 0.1) is 5.92 Å². The van der Waals surface area contributed by atoms with Gasteiger partial charge in [0.25, 0.3) is 0 Å². The van der Waals surface area contributed by atoms with E-state index in [1.807, 2.05) is 42.5 Å². The summed E-state index contributed by atoms with van der Waals surface area (Å²) >= 11 is 0. The molecule has 0 atom stereocenters. The van der Waals surface area contributed by atoms with Crippen molar-refractivity contribution in [3.8, 4) is 17.0 Å². The number of hydrogen-bond acceptors (Lipinski definition) is 5. The van der Waals surface area contributed by atoms with Crippen LogP contribution in [-0.4, -0.2) is 36.3 Å². The maximum atomic E-state index is 13.1. The third kappa shape index (κ3) is 5.24. The van der Waals surface area contributed by atoms with Crippen LogP contribution in [0.3, 0.4) is 0 Å². The molecule has 6 nitrogen and oxygen atoms in total. The van der Waals surface area contributed by atoms with Crippen LogP contribution in [-0.2, 0) is 11.0 Å². The number of piperidine rings is 1. The number of nitrogens with zero attached hydrogens (tertiary/aromatic N) is 3. The molecule has 2 aromatic carbocycles. The molecule has 1 fully saturated rings. The average molecular weight is 456 g/mol. The smallest absolute Gasteiger partial charge is 0.416 e. The number of halogens is 3. The number of methoxy groups -OCH3 is 1. The quantitative estimate of drug-likeness (QED) is 0.584. The van der Waals surface area contributed by atoms with Crippen molar-refractivity contribution in [1.29, 1.82) is 0 Å². The molecule has 9 heteroatoms. The van der Waals surface area contributed by atoms with Gasteiger partial charge in [-0.2, -0.15) is 13.2 Å². The van der Waals surface area contributed by atoms with Crippen molar-refractivity contribution in [2.75, 3.05) is 30.4 Å². The number of nitrogens with one attached hydrogen (secondary N) is 1. The van der Waals surface area contributed by atoms with Crippen molar-refractivity contribution in [2.24, 2.45) is 5.92 Å². The van der Waals surface area contributed by atoms with E-state index in [1.165, 1.54) is 13.2 Å². The van der Waals surface area contributed by atoms with Crippen LogP contribution in [0.4, 0.5) is 24.7 Å². The first-order chi connectivity index (χ1) is 15.8. The summed E-state index contributed by atoms with van der Waals surface area (Å²) in [6, 6.07) is 16.6. The number of ether oxygens (including phenoxy) is 1. The maximum absolute atomic E-state index is 13.1. The molecule has 2 heterocycles. The highest BCUT2D eigenvalue weighted by atomic mass is 19.4. The molecule has 0 bridgehead atoms. The summed E-state index contributed by atoms with van der Waals surface area (Å²) in [5, 5.41) is 11.2. The van der Waals surface area contributed by atoms with E-state index in [-0.39, 0.29) is 23.3 Å². The lowest BCUT2D eigenvalue weighted by atomic mass is 9.95. The van der Waals surface area contributed by atoms with Gasteiger partial charge in [0, 0.05) is 24.6 Å². The van der Waals surface area contributed by atoms with Gasteiger partial charge in [-0.3, -0.25) is 4.79 Å². The Balaban J connectivity index is 1.38. The maximum Gasteiger partial charge on any atom is 0.416 e. The SMILES string of the molecule is COc1ccc(C(F)(F)F)cc1NC(=O)C1CCN(c2ccc(-c3ccccc3)nn2)CC1. The lowest BCUT2D eigenvalue weighted by molar-refractivity contribution is -0.137. The van der Waals surface area contributed by atoms with Crippen molar-refractivity contribution in [3.05, 3.63) is 66.2 Å². The van der Waals surface area contributed by atoms with Crippen molar-refractivity contribution in [1.82, 2.24) is 10.2 Å². The zero-order valence-corrected chi connectivity index (χ0v) is 18.0. The zero-order chi connectivity index (χ0) is 23.4. The van der Waals surface area contributed by atoms with E-state index >= 15 is 0 Å². The van der Waals surface area contributed by atoms with E-state index in [4.69, 9.17) is 4.74 Å². The summed E-state index contributed by atoms with van der Waals surface area (Å²) < 4.78 is 44.3. The normalized spacial score (nSPS) is 14.7. The minimum absolute atomic E-state index is 0.0159. The average Bonchev–Trinajstić information content (AvgIpc) is 2.84. The Morgan fingerprint density at radius 3 is 2.36 bits per heavy atom. The van der Waals surface area contributed by atoms with Crippen LogP contribution in [0.15, 0.2) is 60.7 Å². The van der Waals surface area contributed by atoms with Crippen molar-refractivity contribution < 1.29 is 22.7 Å². The molecule has 0 unspecified atom stereocenters. The van der Waals surface area contributed by atoms with E-state index in [0.717, 1.165) is 29.2 Å². The standard InChI is InChI=1S/C24H23F3N4O2/c1-33-21-9-7-18(24(25,26)27)15-20(21)28-23(32)17-11-13-31(14-12-17)22-10-8-19(29-30-22)16-5-3-2-4-6-16/h2-10,15,17H,11-14H2,1H3,(H,28,32). The van der Waals surface area contributed by atoms with Crippen LogP contribution >= 0.6 is 0 Å². The monoisotopic (exact) mass is 456 g/mol. The number of alkyl halides is 3. The first-order valence-corrected chi connectivity index (χ1v) is 10.6. The molecule has 4 rings (SSSR count). The van der Waals surface area contributed by atoms with Gasteiger partial charge < -0.3 is 15.0 Å². The Kier molecular flexibility index (Phi) is 6.48. The fourth-order valence-corrected chi connectivity index (χ4v) is 3.84. The van der Waals surface area contributed by atoms with E-state index < -0.39 is 11.7 Å². The molecule has 172 valence electrons. The van der Waals surface area contributed by atoms with Gasteiger partial charge >= 0.3 is 6.18 Å². The second kappa shape index (κ2) is 9.48. The van der Waals surface area contributed by atoms with Crippen LogP contribution in [0.25, 0.3) is 11.3 Å². The van der Waals surface area contributed by atoms with Crippen LogP contribution < -0.4 is 15.0 Å². The Bertz CT molecular complexity index is 1100. The van der Waals surface area contributed by atoms with E-state index in [9.17, 15) is 18.0 Å². The number of rotatable bonds is 5. The van der Waals surface area contributed by atoms with Gasteiger partial charge in [0.15, 0.2) is 5.82 Å². The minimum Gasteiger partial charge on any atom is -0.495 e. The fraction of sp³-hybridized carbons (Fsp3) is 0.292. The third-order valence-corrected chi connectivity index (χ3v) is 5.69. The Labute approximate surface area is 189 Å². The molecule has 0 spiro atoms. The summed E-state index contributed by atoms with van der Waals surface area (Å²) in [6.07, 6.45) is -3.40. The Hall–Kier alpha value is -3.62. The molecule has 1 aliphatic heterocycles. The molecule has 1 aromatic heterocycles. The molecular weight excluding hydrogens is 433 g/mol. The van der Waals surface area contributed by atoms with Crippen LogP contribution in [0.5, 0.6) is 5.75 Å². The predicted octanol–water partition coefficient (Wildman–Crippen LogP) is 5.03. The summed E-state index contributed by atoms with van der Waals surface area (Å²) in [5.41, 5.74) is 0.939. The number of carbonyl (C=O) groups is 1. The lowest BCUT2D eigenvalue weighted by Gasteiger charge is -2.32. The van der Waals surface area contributed by atoms with E-state index in [0.29, 0.717) is 25.9 Å². The molecule has 1 saturated heterocycles. The second-order valence-electron chi connectivity index (χ2n) is 7.81. The second-order valence-corrected chi connectivity index (χ2v) is 7.81. The zero-order valence-electron chi connectivity index (χ0n) is 18.0. The van der Waals surface area contributed by atoms with Crippen molar-refractivity contribution in [2.45, 2.75) is 19.0 Å². The summed E-state index contributed by atoms with van der Waals surface area (Å²) in [6.45, 7) is 1.19. The van der Waals surface area contributed by atoms with Gasteiger partial charge in [0.1, 0.15) is 5.75 Å². The number of benzene rings is 2. The predicted molar refractivity (Wildman–Crippen MR) is 119 cm³/mol. The molecule has 3 aromatic rings. The number of anilines is 2. The molecule has 1 aliphatic rings. The third-order valence-electron chi connectivity index (χ3n) is 5.69. The first-order valence-electron chi connectivity index (χ1n) is 10.6. The number of aromatic nitrogens is 2. The van der Waals surface area contributed by atoms with Crippen LogP contribution in [0.2, 0.25) is 0 Å². The molecular formula is C24H23F3N4O2. The van der Waals surface area contributed by atoms with Crippen LogP contribution in [0.1, 0.15) is 18.4 Å². The molecule has 1 N–H and O–H groups in total. The Morgan fingerprint density at radius 2 is 1.76 bits per heavy atom. The fourth-order valence-electron chi connectivity index (χ4n) is 3.84. The van der Waals surface area contributed by atoms with Gasteiger partial charge in [-0.1, -0.05) is 30.3 Å². The minimum atomic E-state index is -4.51. The van der Waals surface area contributed by atoms with E-state index in [2.05, 4.69) is 20.4 Å². The summed E-state index contributed by atoms with van der Waals surface area (Å²) in [4.78, 5) is 14.8. The van der Waals surface area contributed by atoms with Crippen molar-refractivity contribution >= 4 is 17.4 Å². The lowest BCUT2D eigenvalue weighted by Crippen LogP contribution is -2.38. The molecule has 0 aliphatic carbocycles. The molecule has 33 heavy (non-hydrogen) atoms. The largest absolute Gasteiger partial charge is 0.495 e. The summed E-state index contributed by atoms with van der Waals surface area (Å²) in [5.74, 6) is 0.269. The van der Waals surface area contributed by atoms with Gasteiger partial charge in [0.2, 0.25) is 5.91 Å². The van der Waals surface area contributed by atoms with Gasteiger partial charge in [-0.15, -0.1) is 10.2 Å². The number of hydrogen-bond donors (Lipinski definition) is 1. The highest BCUT2D eigenvalue weighted by Crippen LogP contribution is 2.35. The number of amides is 1. The highest BCUT2D eigenvalue weighted by molar-refractivity contribution is 5.94. The van der Waals surface area contributed by atoms with Gasteiger partial charge in [-0.25, -0.2) is 0 Å². The topological polar surface area (TPSA) is 67.3 Å².